The largest absolute Gasteiger partial charge is 0.478 e. The van der Waals surface area contributed by atoms with Crippen LogP contribution in [0.25, 0.3) is 0 Å². The second-order valence-electron chi connectivity index (χ2n) is 5.73. The molecule has 1 saturated carbocycles. The fourth-order valence-corrected chi connectivity index (χ4v) is 3.68. The van der Waals surface area contributed by atoms with E-state index in [4.69, 9.17) is 0 Å². The number of benzene rings is 1. The molecule has 0 amide bonds. The van der Waals surface area contributed by atoms with Crippen molar-refractivity contribution in [3.05, 3.63) is 28.2 Å². The maximum atomic E-state index is 11.3. The number of hydrogen-bond donors (Lipinski definition) is 2. The van der Waals surface area contributed by atoms with E-state index in [9.17, 15) is 9.90 Å². The van der Waals surface area contributed by atoms with Crippen molar-refractivity contribution in [1.82, 2.24) is 0 Å². The zero-order chi connectivity index (χ0) is 14.0. The third-order valence-corrected chi connectivity index (χ3v) is 4.43. The van der Waals surface area contributed by atoms with Gasteiger partial charge in [-0.05, 0) is 59.2 Å². The first-order chi connectivity index (χ1) is 8.97. The van der Waals surface area contributed by atoms with E-state index in [0.717, 1.165) is 12.8 Å². The lowest BCUT2D eigenvalue weighted by Gasteiger charge is -2.33. The summed E-state index contributed by atoms with van der Waals surface area (Å²) in [6, 6.07) is 5.85. The normalized spacial score (nSPS) is 27.0. The highest BCUT2D eigenvalue weighted by Gasteiger charge is 2.25. The molecule has 1 aromatic rings. The van der Waals surface area contributed by atoms with Crippen LogP contribution in [0.15, 0.2) is 22.7 Å². The quantitative estimate of drug-likeness (QED) is 0.866. The van der Waals surface area contributed by atoms with Gasteiger partial charge >= 0.3 is 5.97 Å². The number of hydrogen-bond acceptors (Lipinski definition) is 2. The molecule has 0 saturated heterocycles. The van der Waals surface area contributed by atoms with Crippen LogP contribution < -0.4 is 5.32 Å². The van der Waals surface area contributed by atoms with Crippen LogP contribution in [0.5, 0.6) is 0 Å². The van der Waals surface area contributed by atoms with Crippen LogP contribution in [0.3, 0.4) is 0 Å². The Morgan fingerprint density at radius 3 is 2.47 bits per heavy atom. The molecule has 0 heterocycles. The van der Waals surface area contributed by atoms with E-state index in [1.54, 1.807) is 6.07 Å². The highest BCUT2D eigenvalue weighted by atomic mass is 79.9. The van der Waals surface area contributed by atoms with E-state index in [1.807, 2.05) is 12.1 Å². The fourth-order valence-electron chi connectivity index (χ4n) is 3.15. The Kier molecular flexibility index (Phi) is 4.50. The number of carbonyl (C=O) groups is 1. The molecule has 1 fully saturated rings. The van der Waals surface area contributed by atoms with Crippen molar-refractivity contribution in [3.63, 3.8) is 0 Å². The van der Waals surface area contributed by atoms with Gasteiger partial charge in [0.05, 0.1) is 11.3 Å². The Hall–Kier alpha value is -1.03. The molecule has 0 bridgehead atoms. The van der Waals surface area contributed by atoms with Crippen LogP contribution in [0.4, 0.5) is 5.69 Å². The Morgan fingerprint density at radius 2 is 1.89 bits per heavy atom. The van der Waals surface area contributed by atoms with Gasteiger partial charge in [0.25, 0.3) is 0 Å². The van der Waals surface area contributed by atoms with Gasteiger partial charge in [-0.1, -0.05) is 19.9 Å². The van der Waals surface area contributed by atoms with Gasteiger partial charge in [0.2, 0.25) is 0 Å². The predicted molar refractivity (Wildman–Crippen MR) is 80.7 cm³/mol. The Bertz CT molecular complexity index is 465. The maximum absolute atomic E-state index is 11.3. The fraction of sp³-hybridized carbons (Fsp3) is 0.533. The van der Waals surface area contributed by atoms with Crippen LogP contribution in [0.2, 0.25) is 0 Å². The smallest absolute Gasteiger partial charge is 0.338 e. The second-order valence-corrected chi connectivity index (χ2v) is 6.58. The average Bonchev–Trinajstić information content (AvgIpc) is 2.26. The van der Waals surface area contributed by atoms with Gasteiger partial charge in [0, 0.05) is 10.5 Å². The molecule has 1 aliphatic rings. The lowest BCUT2D eigenvalue weighted by atomic mass is 9.80. The molecule has 4 heteroatoms. The molecule has 0 aromatic heterocycles. The molecule has 0 aliphatic heterocycles. The minimum Gasteiger partial charge on any atom is -0.478 e. The number of nitrogens with one attached hydrogen (secondary N) is 1. The van der Waals surface area contributed by atoms with Gasteiger partial charge in [-0.3, -0.25) is 0 Å². The summed E-state index contributed by atoms with van der Waals surface area (Å²) in [7, 11) is 0. The lowest BCUT2D eigenvalue weighted by molar-refractivity contribution is 0.0697. The van der Waals surface area contributed by atoms with E-state index >= 15 is 0 Å². The first-order valence-corrected chi connectivity index (χ1v) is 7.55. The lowest BCUT2D eigenvalue weighted by Crippen LogP contribution is -2.30. The van der Waals surface area contributed by atoms with Crippen LogP contribution in [0, 0.1) is 11.8 Å². The molecule has 1 aliphatic carbocycles. The van der Waals surface area contributed by atoms with Gasteiger partial charge in [-0.25, -0.2) is 4.79 Å². The molecule has 2 unspecified atom stereocenters. The number of halogens is 1. The molecule has 1 aromatic carbocycles. The summed E-state index contributed by atoms with van der Waals surface area (Å²) in [4.78, 5) is 11.3. The van der Waals surface area contributed by atoms with Gasteiger partial charge in [-0.2, -0.15) is 0 Å². The number of carboxylic acid groups (broad SMARTS) is 1. The van der Waals surface area contributed by atoms with Crippen molar-refractivity contribution < 1.29 is 9.90 Å². The Labute approximate surface area is 122 Å². The number of aromatic carboxylic acids is 1. The molecule has 2 N–H and O–H groups in total. The van der Waals surface area contributed by atoms with Crippen LogP contribution in [0.1, 0.15) is 43.5 Å². The average molecular weight is 326 g/mol. The molecule has 3 nitrogen and oxygen atoms in total. The monoisotopic (exact) mass is 325 g/mol. The van der Waals surface area contributed by atoms with Crippen molar-refractivity contribution in [3.8, 4) is 0 Å². The zero-order valence-corrected chi connectivity index (χ0v) is 12.9. The number of anilines is 1. The third-order valence-electron chi connectivity index (χ3n) is 3.77. The molecule has 2 rings (SSSR count). The van der Waals surface area contributed by atoms with Gasteiger partial charge in [0.15, 0.2) is 0 Å². The van der Waals surface area contributed by atoms with E-state index in [2.05, 4.69) is 35.1 Å². The highest BCUT2D eigenvalue weighted by Crippen LogP contribution is 2.32. The van der Waals surface area contributed by atoms with Crippen molar-refractivity contribution >= 4 is 27.6 Å². The first kappa shape index (κ1) is 14.4. The molecular weight excluding hydrogens is 306 g/mol. The van der Waals surface area contributed by atoms with E-state index in [1.165, 1.54) is 6.42 Å². The van der Waals surface area contributed by atoms with Crippen molar-refractivity contribution in [2.75, 3.05) is 5.32 Å². The van der Waals surface area contributed by atoms with Gasteiger partial charge < -0.3 is 10.4 Å². The zero-order valence-electron chi connectivity index (χ0n) is 11.3. The van der Waals surface area contributed by atoms with E-state index in [0.29, 0.717) is 33.6 Å². The standard InChI is InChI=1S/C15H20BrNO2/c1-9-6-10(2)8-11(7-9)17-13-5-3-4-12(16)14(13)15(18)19/h3-5,9-11,17H,6-8H2,1-2H3,(H,18,19). The summed E-state index contributed by atoms with van der Waals surface area (Å²) >= 11 is 3.32. The van der Waals surface area contributed by atoms with Crippen LogP contribution in [-0.4, -0.2) is 17.1 Å². The first-order valence-electron chi connectivity index (χ1n) is 6.75. The van der Waals surface area contributed by atoms with Crippen LogP contribution in [-0.2, 0) is 0 Å². The van der Waals surface area contributed by atoms with Gasteiger partial charge in [-0.15, -0.1) is 0 Å². The van der Waals surface area contributed by atoms with Crippen molar-refractivity contribution in [2.24, 2.45) is 11.8 Å². The van der Waals surface area contributed by atoms with Crippen molar-refractivity contribution in [2.45, 2.75) is 39.2 Å². The molecule has 19 heavy (non-hydrogen) atoms. The molecule has 104 valence electrons. The Balaban J connectivity index is 2.19. The summed E-state index contributed by atoms with van der Waals surface area (Å²) in [6.45, 7) is 4.53. The number of carboxylic acids is 1. The SMILES string of the molecule is CC1CC(C)CC(Nc2cccc(Br)c2C(=O)O)C1. The molecule has 2 atom stereocenters. The summed E-state index contributed by atoms with van der Waals surface area (Å²) in [5.74, 6) is 0.496. The minimum atomic E-state index is -0.896. The van der Waals surface area contributed by atoms with Gasteiger partial charge in [0.1, 0.15) is 0 Å². The van der Waals surface area contributed by atoms with Crippen LogP contribution >= 0.6 is 15.9 Å². The predicted octanol–water partition coefficient (Wildman–Crippen LogP) is 4.38. The number of rotatable bonds is 3. The maximum Gasteiger partial charge on any atom is 0.338 e. The minimum absolute atomic E-state index is 0.327. The van der Waals surface area contributed by atoms with Crippen molar-refractivity contribution in [1.29, 1.82) is 0 Å². The summed E-state index contributed by atoms with van der Waals surface area (Å²) in [5.41, 5.74) is 1.04. The highest BCUT2D eigenvalue weighted by molar-refractivity contribution is 9.10. The summed E-state index contributed by atoms with van der Waals surface area (Å²) < 4.78 is 0.627. The third kappa shape index (κ3) is 3.50. The topological polar surface area (TPSA) is 49.3 Å². The summed E-state index contributed by atoms with van der Waals surface area (Å²) in [6.07, 6.45) is 3.48. The summed E-state index contributed by atoms with van der Waals surface area (Å²) in [5, 5.41) is 12.7. The Morgan fingerprint density at radius 1 is 1.26 bits per heavy atom. The molecule has 0 spiro atoms. The van der Waals surface area contributed by atoms with E-state index < -0.39 is 5.97 Å². The molecular formula is C15H20BrNO2. The second kappa shape index (κ2) is 5.95. The molecule has 0 radical (unpaired) electrons. The van der Waals surface area contributed by atoms with E-state index in [-0.39, 0.29) is 0 Å².